The first-order valence-corrected chi connectivity index (χ1v) is 7.46. The SMILES string of the molecule is COCCN(c1ncc(CNC(C)C)cc1Cl)C(C)C. The molecule has 1 aromatic heterocycles. The second-order valence-electron chi connectivity index (χ2n) is 5.46. The Hall–Kier alpha value is -0.840. The lowest BCUT2D eigenvalue weighted by atomic mass is 10.2. The van der Waals surface area contributed by atoms with Crippen LogP contribution in [0, 0.1) is 0 Å². The fourth-order valence-corrected chi connectivity index (χ4v) is 2.20. The maximum atomic E-state index is 6.39. The van der Waals surface area contributed by atoms with E-state index in [4.69, 9.17) is 16.3 Å². The summed E-state index contributed by atoms with van der Waals surface area (Å²) in [5, 5.41) is 4.05. The molecule has 0 atom stereocenters. The van der Waals surface area contributed by atoms with Gasteiger partial charge in [-0.05, 0) is 25.5 Å². The number of halogens is 1. The van der Waals surface area contributed by atoms with Crippen LogP contribution in [0.3, 0.4) is 0 Å². The van der Waals surface area contributed by atoms with E-state index in [1.54, 1.807) is 7.11 Å². The minimum absolute atomic E-state index is 0.329. The molecular formula is C15H26ClN3O. The van der Waals surface area contributed by atoms with Crippen molar-refractivity contribution in [1.82, 2.24) is 10.3 Å². The van der Waals surface area contributed by atoms with Gasteiger partial charge in [0.2, 0.25) is 0 Å². The van der Waals surface area contributed by atoms with E-state index < -0.39 is 0 Å². The van der Waals surface area contributed by atoms with Crippen LogP contribution in [0.25, 0.3) is 0 Å². The summed E-state index contributed by atoms with van der Waals surface area (Å²) in [6.45, 7) is 10.7. The molecule has 1 aromatic rings. The number of aromatic nitrogens is 1. The summed E-state index contributed by atoms with van der Waals surface area (Å²) in [5.41, 5.74) is 1.10. The van der Waals surface area contributed by atoms with Crippen LogP contribution in [0.1, 0.15) is 33.3 Å². The van der Waals surface area contributed by atoms with Gasteiger partial charge in [0.15, 0.2) is 0 Å². The normalized spacial score (nSPS) is 11.4. The van der Waals surface area contributed by atoms with Gasteiger partial charge in [-0.2, -0.15) is 0 Å². The standard InChI is InChI=1S/C15H26ClN3O/c1-11(2)17-9-13-8-14(16)15(18-10-13)19(12(3)4)6-7-20-5/h8,10-12,17H,6-7,9H2,1-5H3. The predicted octanol–water partition coefficient (Wildman–Crippen LogP) is 3.09. The van der Waals surface area contributed by atoms with Crippen molar-refractivity contribution >= 4 is 17.4 Å². The zero-order valence-corrected chi connectivity index (χ0v) is 13.9. The van der Waals surface area contributed by atoms with E-state index in [9.17, 15) is 0 Å². The molecule has 1 heterocycles. The highest BCUT2D eigenvalue weighted by atomic mass is 35.5. The van der Waals surface area contributed by atoms with Crippen LogP contribution in [0.4, 0.5) is 5.82 Å². The van der Waals surface area contributed by atoms with Gasteiger partial charge in [0.25, 0.3) is 0 Å². The Balaban J connectivity index is 2.83. The van der Waals surface area contributed by atoms with Crippen LogP contribution in [-0.2, 0) is 11.3 Å². The molecule has 0 aliphatic heterocycles. The van der Waals surface area contributed by atoms with Crippen molar-refractivity contribution < 1.29 is 4.74 Å². The quantitative estimate of drug-likeness (QED) is 0.800. The average molecular weight is 300 g/mol. The third kappa shape index (κ3) is 5.27. The highest BCUT2D eigenvalue weighted by Crippen LogP contribution is 2.25. The first-order valence-electron chi connectivity index (χ1n) is 7.09. The number of methoxy groups -OCH3 is 1. The van der Waals surface area contributed by atoms with Crippen LogP contribution >= 0.6 is 11.6 Å². The number of pyridine rings is 1. The third-order valence-electron chi connectivity index (χ3n) is 3.02. The summed E-state index contributed by atoms with van der Waals surface area (Å²) in [4.78, 5) is 6.69. The van der Waals surface area contributed by atoms with Crippen LogP contribution in [0.2, 0.25) is 5.02 Å². The van der Waals surface area contributed by atoms with E-state index in [2.05, 4.69) is 42.9 Å². The predicted molar refractivity (Wildman–Crippen MR) is 85.6 cm³/mol. The van der Waals surface area contributed by atoms with Gasteiger partial charge in [-0.25, -0.2) is 4.98 Å². The van der Waals surface area contributed by atoms with E-state index in [-0.39, 0.29) is 0 Å². The summed E-state index contributed by atoms with van der Waals surface area (Å²) in [7, 11) is 1.70. The molecule has 0 aliphatic rings. The highest BCUT2D eigenvalue weighted by Gasteiger charge is 2.15. The summed E-state index contributed by atoms with van der Waals surface area (Å²) >= 11 is 6.39. The zero-order chi connectivity index (χ0) is 15.1. The summed E-state index contributed by atoms with van der Waals surface area (Å²) in [5.74, 6) is 0.826. The Morgan fingerprint density at radius 1 is 1.35 bits per heavy atom. The third-order valence-corrected chi connectivity index (χ3v) is 3.30. The molecule has 0 aliphatic carbocycles. The maximum absolute atomic E-state index is 6.39. The molecule has 5 heteroatoms. The van der Waals surface area contributed by atoms with Crippen LogP contribution in [0.5, 0.6) is 0 Å². The Morgan fingerprint density at radius 3 is 2.55 bits per heavy atom. The lowest BCUT2D eigenvalue weighted by Crippen LogP contribution is -2.34. The average Bonchev–Trinajstić information content (AvgIpc) is 2.38. The van der Waals surface area contributed by atoms with Gasteiger partial charge in [0.1, 0.15) is 5.82 Å². The van der Waals surface area contributed by atoms with Crippen LogP contribution in [-0.4, -0.2) is 37.3 Å². The maximum Gasteiger partial charge on any atom is 0.147 e. The Kier molecular flexibility index (Phi) is 7.27. The molecule has 0 bridgehead atoms. The molecule has 1 N–H and O–H groups in total. The summed E-state index contributed by atoms with van der Waals surface area (Å²) in [6.07, 6.45) is 1.89. The lowest BCUT2D eigenvalue weighted by molar-refractivity contribution is 0.203. The molecule has 0 saturated heterocycles. The minimum Gasteiger partial charge on any atom is -0.383 e. The van der Waals surface area contributed by atoms with Gasteiger partial charge < -0.3 is 15.0 Å². The first kappa shape index (κ1) is 17.2. The van der Waals surface area contributed by atoms with Crippen molar-refractivity contribution in [2.75, 3.05) is 25.2 Å². The number of anilines is 1. The topological polar surface area (TPSA) is 37.4 Å². The van der Waals surface area contributed by atoms with Crippen molar-refractivity contribution in [3.05, 3.63) is 22.8 Å². The molecule has 4 nitrogen and oxygen atoms in total. The van der Waals surface area contributed by atoms with E-state index in [0.717, 1.165) is 24.5 Å². The number of hydrogen-bond acceptors (Lipinski definition) is 4. The number of nitrogens with one attached hydrogen (secondary N) is 1. The highest BCUT2D eigenvalue weighted by molar-refractivity contribution is 6.33. The smallest absolute Gasteiger partial charge is 0.147 e. The van der Waals surface area contributed by atoms with Crippen molar-refractivity contribution in [1.29, 1.82) is 0 Å². The van der Waals surface area contributed by atoms with E-state index >= 15 is 0 Å². The van der Waals surface area contributed by atoms with Crippen molar-refractivity contribution in [3.63, 3.8) is 0 Å². The van der Waals surface area contributed by atoms with Gasteiger partial charge in [-0.15, -0.1) is 0 Å². The van der Waals surface area contributed by atoms with Crippen LogP contribution in [0.15, 0.2) is 12.3 Å². The van der Waals surface area contributed by atoms with Gasteiger partial charge in [-0.1, -0.05) is 25.4 Å². The van der Waals surface area contributed by atoms with Gasteiger partial charge in [0.05, 0.1) is 11.6 Å². The first-order chi connectivity index (χ1) is 9.45. The van der Waals surface area contributed by atoms with Crippen molar-refractivity contribution in [3.8, 4) is 0 Å². The van der Waals surface area contributed by atoms with E-state index in [0.29, 0.717) is 23.7 Å². The molecule has 0 spiro atoms. The minimum atomic E-state index is 0.329. The Morgan fingerprint density at radius 2 is 2.05 bits per heavy atom. The summed E-state index contributed by atoms with van der Waals surface area (Å²) < 4.78 is 5.15. The molecule has 0 saturated carbocycles. The van der Waals surface area contributed by atoms with Crippen LogP contribution < -0.4 is 10.2 Å². The number of rotatable bonds is 8. The monoisotopic (exact) mass is 299 g/mol. The number of hydrogen-bond donors (Lipinski definition) is 1. The van der Waals surface area contributed by atoms with E-state index in [1.807, 2.05) is 12.3 Å². The zero-order valence-electron chi connectivity index (χ0n) is 13.1. The molecule has 0 fully saturated rings. The Bertz CT molecular complexity index is 410. The molecular weight excluding hydrogens is 274 g/mol. The largest absolute Gasteiger partial charge is 0.383 e. The van der Waals surface area contributed by atoms with Crippen molar-refractivity contribution in [2.45, 2.75) is 46.3 Å². The molecule has 0 amide bonds. The second-order valence-corrected chi connectivity index (χ2v) is 5.87. The molecule has 0 aromatic carbocycles. The molecule has 1 rings (SSSR count). The number of ether oxygens (including phenoxy) is 1. The summed E-state index contributed by atoms with van der Waals surface area (Å²) in [6, 6.07) is 2.76. The second kappa shape index (κ2) is 8.45. The van der Waals surface area contributed by atoms with Gasteiger partial charge >= 0.3 is 0 Å². The van der Waals surface area contributed by atoms with Gasteiger partial charge in [-0.3, -0.25) is 0 Å². The van der Waals surface area contributed by atoms with Crippen molar-refractivity contribution in [2.24, 2.45) is 0 Å². The Labute approximate surface area is 127 Å². The number of nitrogens with zero attached hydrogens (tertiary/aromatic N) is 2. The van der Waals surface area contributed by atoms with E-state index in [1.165, 1.54) is 0 Å². The molecule has 20 heavy (non-hydrogen) atoms. The molecule has 0 unspecified atom stereocenters. The lowest BCUT2D eigenvalue weighted by Gasteiger charge is -2.28. The fourth-order valence-electron chi connectivity index (χ4n) is 1.90. The van der Waals surface area contributed by atoms with Gasteiger partial charge in [0, 0.05) is 38.5 Å². The molecule has 114 valence electrons. The fraction of sp³-hybridized carbons (Fsp3) is 0.667. The molecule has 0 radical (unpaired) electrons.